The molecule has 1 N–H and O–H groups in total. The predicted octanol–water partition coefficient (Wildman–Crippen LogP) is 1.17. The lowest BCUT2D eigenvalue weighted by Crippen LogP contribution is -2.33. The van der Waals surface area contributed by atoms with Crippen molar-refractivity contribution in [3.63, 3.8) is 0 Å². The molecule has 1 amide bonds. The monoisotopic (exact) mass is 175 g/mol. The van der Waals surface area contributed by atoms with Gasteiger partial charge in [0.05, 0.1) is 0 Å². The summed E-state index contributed by atoms with van der Waals surface area (Å²) in [7, 11) is 0. The van der Waals surface area contributed by atoms with Crippen LogP contribution in [0.4, 0.5) is 8.78 Å². The SMILES string of the molecule is O=C(NC1C2CCCC21)C(F)F. The molecular formula is C8H11F2NO. The van der Waals surface area contributed by atoms with Gasteiger partial charge in [0.1, 0.15) is 0 Å². The summed E-state index contributed by atoms with van der Waals surface area (Å²) >= 11 is 0. The molecule has 0 radical (unpaired) electrons. The van der Waals surface area contributed by atoms with Crippen molar-refractivity contribution in [3.05, 3.63) is 0 Å². The lowest BCUT2D eigenvalue weighted by atomic mass is 10.2. The Bertz CT molecular complexity index is 197. The van der Waals surface area contributed by atoms with Crippen molar-refractivity contribution in [2.24, 2.45) is 11.8 Å². The first-order chi connectivity index (χ1) is 5.70. The van der Waals surface area contributed by atoms with Crippen molar-refractivity contribution in [3.8, 4) is 0 Å². The Hall–Kier alpha value is -0.670. The Morgan fingerprint density at radius 2 is 1.92 bits per heavy atom. The van der Waals surface area contributed by atoms with Gasteiger partial charge >= 0.3 is 6.43 Å². The highest BCUT2D eigenvalue weighted by Crippen LogP contribution is 2.51. The average Bonchev–Trinajstić information content (AvgIpc) is 2.46. The van der Waals surface area contributed by atoms with Crippen molar-refractivity contribution in [1.29, 1.82) is 0 Å². The van der Waals surface area contributed by atoms with Gasteiger partial charge in [-0.05, 0) is 24.7 Å². The molecule has 4 heteroatoms. The minimum Gasteiger partial charge on any atom is -0.348 e. The first-order valence-corrected chi connectivity index (χ1v) is 4.28. The zero-order valence-corrected chi connectivity index (χ0v) is 6.59. The van der Waals surface area contributed by atoms with E-state index in [0.29, 0.717) is 11.8 Å². The van der Waals surface area contributed by atoms with E-state index in [1.54, 1.807) is 0 Å². The second-order valence-corrected chi connectivity index (χ2v) is 3.59. The molecule has 2 unspecified atom stereocenters. The number of nitrogens with one attached hydrogen (secondary N) is 1. The molecule has 2 rings (SSSR count). The van der Waals surface area contributed by atoms with Gasteiger partial charge in [-0.3, -0.25) is 4.79 Å². The van der Waals surface area contributed by atoms with Gasteiger partial charge in [0.25, 0.3) is 5.91 Å². The second kappa shape index (κ2) is 2.68. The van der Waals surface area contributed by atoms with Gasteiger partial charge in [-0.25, -0.2) is 0 Å². The minimum atomic E-state index is -2.86. The number of carbonyl (C=O) groups is 1. The fourth-order valence-electron chi connectivity index (χ4n) is 2.26. The summed E-state index contributed by atoms with van der Waals surface area (Å²) in [6.07, 6.45) is 0.528. The smallest absolute Gasteiger partial charge is 0.315 e. The van der Waals surface area contributed by atoms with Gasteiger partial charge < -0.3 is 5.32 Å². The Kier molecular flexibility index (Phi) is 1.77. The van der Waals surface area contributed by atoms with E-state index in [9.17, 15) is 13.6 Å². The fourth-order valence-corrected chi connectivity index (χ4v) is 2.26. The van der Waals surface area contributed by atoms with Gasteiger partial charge in [0.2, 0.25) is 0 Å². The fraction of sp³-hybridized carbons (Fsp3) is 0.875. The molecule has 0 saturated heterocycles. The molecule has 0 aromatic carbocycles. The van der Waals surface area contributed by atoms with Crippen LogP contribution in [-0.4, -0.2) is 18.4 Å². The first-order valence-electron chi connectivity index (χ1n) is 4.28. The molecule has 0 bridgehead atoms. The van der Waals surface area contributed by atoms with Crippen molar-refractivity contribution in [2.45, 2.75) is 31.7 Å². The van der Waals surface area contributed by atoms with E-state index in [1.165, 1.54) is 6.42 Å². The summed E-state index contributed by atoms with van der Waals surface area (Å²) in [5, 5.41) is 2.37. The Morgan fingerprint density at radius 3 is 2.42 bits per heavy atom. The molecule has 2 aliphatic carbocycles. The van der Waals surface area contributed by atoms with Crippen LogP contribution in [0.5, 0.6) is 0 Å². The van der Waals surface area contributed by atoms with Crippen LogP contribution in [-0.2, 0) is 4.79 Å². The average molecular weight is 175 g/mol. The zero-order valence-electron chi connectivity index (χ0n) is 6.59. The Balaban J connectivity index is 1.79. The highest BCUT2D eigenvalue weighted by molar-refractivity contribution is 5.79. The highest BCUT2D eigenvalue weighted by Gasteiger charge is 2.53. The maximum Gasteiger partial charge on any atom is 0.315 e. The van der Waals surface area contributed by atoms with Crippen molar-refractivity contribution in [1.82, 2.24) is 5.32 Å². The van der Waals surface area contributed by atoms with Crippen LogP contribution in [0.1, 0.15) is 19.3 Å². The lowest BCUT2D eigenvalue weighted by molar-refractivity contribution is -0.132. The van der Waals surface area contributed by atoms with E-state index in [0.717, 1.165) is 12.8 Å². The number of carbonyl (C=O) groups excluding carboxylic acids is 1. The van der Waals surface area contributed by atoms with Crippen LogP contribution in [0.15, 0.2) is 0 Å². The Morgan fingerprint density at radius 1 is 1.33 bits per heavy atom. The number of amides is 1. The van der Waals surface area contributed by atoms with Gasteiger partial charge in [0, 0.05) is 6.04 Å². The molecule has 0 aliphatic heterocycles. The first kappa shape index (κ1) is 7.95. The van der Waals surface area contributed by atoms with Crippen molar-refractivity contribution in [2.75, 3.05) is 0 Å². The molecular weight excluding hydrogens is 164 g/mol. The quantitative estimate of drug-likeness (QED) is 0.670. The van der Waals surface area contributed by atoms with Crippen LogP contribution >= 0.6 is 0 Å². The van der Waals surface area contributed by atoms with Crippen LogP contribution < -0.4 is 5.32 Å². The van der Waals surface area contributed by atoms with E-state index in [-0.39, 0.29) is 6.04 Å². The molecule has 0 heterocycles. The van der Waals surface area contributed by atoms with Gasteiger partial charge in [-0.2, -0.15) is 8.78 Å². The molecule has 12 heavy (non-hydrogen) atoms. The normalized spacial score (nSPS) is 38.1. The summed E-state index contributed by atoms with van der Waals surface area (Å²) < 4.78 is 23.6. The summed E-state index contributed by atoms with van der Waals surface area (Å²) in [6, 6.07) is 0.0697. The topological polar surface area (TPSA) is 29.1 Å². The third-order valence-corrected chi connectivity index (χ3v) is 2.91. The van der Waals surface area contributed by atoms with E-state index in [2.05, 4.69) is 5.32 Å². The molecule has 2 nitrogen and oxygen atoms in total. The summed E-state index contributed by atoms with van der Waals surface area (Å²) in [6.45, 7) is 0. The van der Waals surface area contributed by atoms with E-state index in [1.807, 2.05) is 0 Å². The van der Waals surface area contributed by atoms with Crippen molar-refractivity contribution >= 4 is 5.91 Å². The number of fused-ring (bicyclic) bond motifs is 1. The third kappa shape index (κ3) is 1.19. The lowest BCUT2D eigenvalue weighted by Gasteiger charge is -2.05. The number of hydrogen-bond donors (Lipinski definition) is 1. The standard InChI is InChI=1S/C8H11F2NO/c9-7(10)8(12)11-6-4-2-1-3-5(4)6/h4-7H,1-3H2,(H,11,12). The molecule has 2 aliphatic rings. The van der Waals surface area contributed by atoms with Crippen LogP contribution in [0.25, 0.3) is 0 Å². The predicted molar refractivity (Wildman–Crippen MR) is 38.8 cm³/mol. The number of hydrogen-bond acceptors (Lipinski definition) is 1. The Labute approximate surface area is 69.3 Å². The molecule has 68 valence electrons. The molecule has 0 aromatic heterocycles. The highest BCUT2D eigenvalue weighted by atomic mass is 19.3. The molecule has 2 saturated carbocycles. The number of alkyl halides is 2. The van der Waals surface area contributed by atoms with Gasteiger partial charge in [-0.15, -0.1) is 0 Å². The molecule has 2 fully saturated rings. The van der Waals surface area contributed by atoms with Crippen LogP contribution in [0.3, 0.4) is 0 Å². The van der Waals surface area contributed by atoms with E-state index < -0.39 is 12.3 Å². The molecule has 2 atom stereocenters. The van der Waals surface area contributed by atoms with Gasteiger partial charge in [0.15, 0.2) is 0 Å². The maximum atomic E-state index is 11.8. The zero-order chi connectivity index (χ0) is 8.72. The molecule has 0 aromatic rings. The number of halogens is 2. The van der Waals surface area contributed by atoms with Gasteiger partial charge in [-0.1, -0.05) is 6.42 Å². The van der Waals surface area contributed by atoms with Crippen LogP contribution in [0.2, 0.25) is 0 Å². The van der Waals surface area contributed by atoms with E-state index >= 15 is 0 Å². The minimum absolute atomic E-state index is 0.0697. The number of rotatable bonds is 2. The summed E-state index contributed by atoms with van der Waals surface area (Å²) in [5.74, 6) is -0.0881. The van der Waals surface area contributed by atoms with E-state index in [4.69, 9.17) is 0 Å². The largest absolute Gasteiger partial charge is 0.348 e. The third-order valence-electron chi connectivity index (χ3n) is 2.91. The summed E-state index contributed by atoms with van der Waals surface area (Å²) in [4.78, 5) is 10.6. The molecule has 0 spiro atoms. The van der Waals surface area contributed by atoms with Crippen LogP contribution in [0, 0.1) is 11.8 Å². The van der Waals surface area contributed by atoms with Crippen molar-refractivity contribution < 1.29 is 13.6 Å². The second-order valence-electron chi connectivity index (χ2n) is 3.59. The summed E-state index contributed by atoms with van der Waals surface area (Å²) in [5.41, 5.74) is 0. The maximum absolute atomic E-state index is 11.8.